The molecule has 0 aromatic heterocycles. The number of benzene rings is 2. The molecule has 2 amide bonds. The summed E-state index contributed by atoms with van der Waals surface area (Å²) in [5.41, 5.74) is 1.12. The third kappa shape index (κ3) is 5.39. The zero-order chi connectivity index (χ0) is 17.6. The van der Waals surface area contributed by atoms with E-state index in [0.717, 1.165) is 0 Å². The SMILES string of the molecule is CC(=O)Nc1ccc(S(=O)(=O)SCC(=O)Nc2ccccc2)cc1. The van der Waals surface area contributed by atoms with Crippen LogP contribution in [0.3, 0.4) is 0 Å². The lowest BCUT2D eigenvalue weighted by atomic mass is 10.3. The Hall–Kier alpha value is -2.32. The highest BCUT2D eigenvalue weighted by molar-refractivity contribution is 8.72. The third-order valence-corrected chi connectivity index (χ3v) is 6.27. The highest BCUT2D eigenvalue weighted by atomic mass is 33.1. The summed E-state index contributed by atoms with van der Waals surface area (Å²) in [6.07, 6.45) is 0. The zero-order valence-electron chi connectivity index (χ0n) is 12.9. The topological polar surface area (TPSA) is 92.3 Å². The van der Waals surface area contributed by atoms with Crippen LogP contribution in [0.5, 0.6) is 0 Å². The van der Waals surface area contributed by atoms with Gasteiger partial charge in [-0.05, 0) is 47.2 Å². The van der Waals surface area contributed by atoms with Gasteiger partial charge in [-0.1, -0.05) is 18.2 Å². The van der Waals surface area contributed by atoms with Gasteiger partial charge in [0.2, 0.25) is 20.7 Å². The number of hydrogen-bond acceptors (Lipinski definition) is 5. The molecule has 0 heterocycles. The van der Waals surface area contributed by atoms with Gasteiger partial charge in [-0.3, -0.25) is 9.59 Å². The molecule has 2 N–H and O–H groups in total. The predicted octanol–water partition coefficient (Wildman–Crippen LogP) is 2.71. The number of carbonyl (C=O) groups excluding carboxylic acids is 2. The Bertz CT molecular complexity index is 819. The molecular formula is C16H16N2O4S2. The van der Waals surface area contributed by atoms with Crippen molar-refractivity contribution in [3.05, 3.63) is 54.6 Å². The van der Waals surface area contributed by atoms with Crippen LogP contribution in [0.1, 0.15) is 6.92 Å². The van der Waals surface area contributed by atoms with Crippen LogP contribution in [0.4, 0.5) is 11.4 Å². The summed E-state index contributed by atoms with van der Waals surface area (Å²) in [5, 5.41) is 5.18. The van der Waals surface area contributed by atoms with E-state index >= 15 is 0 Å². The van der Waals surface area contributed by atoms with E-state index in [9.17, 15) is 18.0 Å². The first-order valence-corrected chi connectivity index (χ1v) is 9.97. The van der Waals surface area contributed by atoms with Crippen molar-refractivity contribution in [2.45, 2.75) is 11.8 Å². The summed E-state index contributed by atoms with van der Waals surface area (Å²) < 4.78 is 24.4. The number of hydrogen-bond donors (Lipinski definition) is 2. The second-order valence-corrected chi connectivity index (χ2v) is 8.76. The number of rotatable bonds is 6. The summed E-state index contributed by atoms with van der Waals surface area (Å²) >= 11 is 0. The van der Waals surface area contributed by atoms with Crippen molar-refractivity contribution in [2.75, 3.05) is 16.4 Å². The molecule has 6 nitrogen and oxygen atoms in total. The molecule has 0 unspecified atom stereocenters. The lowest BCUT2D eigenvalue weighted by Crippen LogP contribution is -2.15. The van der Waals surface area contributed by atoms with Gasteiger partial charge in [0.1, 0.15) is 0 Å². The van der Waals surface area contributed by atoms with E-state index in [4.69, 9.17) is 0 Å². The van der Waals surface area contributed by atoms with Gasteiger partial charge < -0.3 is 10.6 Å². The molecule has 0 saturated heterocycles. The number of carbonyl (C=O) groups is 2. The number of anilines is 2. The molecule has 0 aliphatic carbocycles. The number of para-hydroxylation sites is 1. The van der Waals surface area contributed by atoms with Crippen molar-refractivity contribution in [2.24, 2.45) is 0 Å². The Morgan fingerprint density at radius 1 is 0.917 bits per heavy atom. The van der Waals surface area contributed by atoms with E-state index in [0.29, 0.717) is 22.2 Å². The Morgan fingerprint density at radius 2 is 1.50 bits per heavy atom. The van der Waals surface area contributed by atoms with Crippen molar-refractivity contribution < 1.29 is 18.0 Å². The van der Waals surface area contributed by atoms with Gasteiger partial charge in [-0.2, -0.15) is 0 Å². The molecule has 126 valence electrons. The molecular weight excluding hydrogens is 348 g/mol. The predicted molar refractivity (Wildman–Crippen MR) is 95.5 cm³/mol. The molecule has 0 aliphatic rings. The number of amides is 2. The smallest absolute Gasteiger partial charge is 0.235 e. The molecule has 2 aromatic rings. The fourth-order valence-corrected chi connectivity index (χ4v) is 4.29. The monoisotopic (exact) mass is 364 g/mol. The van der Waals surface area contributed by atoms with E-state index in [2.05, 4.69) is 10.6 Å². The van der Waals surface area contributed by atoms with Crippen molar-refractivity contribution >= 4 is 42.9 Å². The first kappa shape index (κ1) is 18.0. The quantitative estimate of drug-likeness (QED) is 0.769. The minimum atomic E-state index is -3.65. The van der Waals surface area contributed by atoms with Gasteiger partial charge in [0.05, 0.1) is 10.6 Å². The van der Waals surface area contributed by atoms with Crippen LogP contribution in [0, 0.1) is 0 Å². The lowest BCUT2D eigenvalue weighted by molar-refractivity contribution is -0.114. The first-order valence-electron chi connectivity index (χ1n) is 6.99. The highest BCUT2D eigenvalue weighted by Gasteiger charge is 2.17. The zero-order valence-corrected chi connectivity index (χ0v) is 14.5. The van der Waals surface area contributed by atoms with E-state index in [1.807, 2.05) is 6.07 Å². The standard InChI is InChI=1S/C16H16N2O4S2/c1-12(19)17-14-7-9-15(10-8-14)24(21,22)23-11-16(20)18-13-5-3-2-4-6-13/h2-10H,11H2,1H3,(H,17,19)(H,18,20). The van der Waals surface area contributed by atoms with Gasteiger partial charge in [0.25, 0.3) is 0 Å². The van der Waals surface area contributed by atoms with E-state index in [-0.39, 0.29) is 16.6 Å². The molecule has 24 heavy (non-hydrogen) atoms. The molecule has 0 fully saturated rings. The van der Waals surface area contributed by atoms with Crippen molar-refractivity contribution in [1.82, 2.24) is 0 Å². The largest absolute Gasteiger partial charge is 0.326 e. The molecule has 0 saturated carbocycles. The molecule has 2 aromatic carbocycles. The molecule has 0 atom stereocenters. The van der Waals surface area contributed by atoms with E-state index in [1.54, 1.807) is 24.3 Å². The van der Waals surface area contributed by atoms with Crippen LogP contribution in [0.15, 0.2) is 59.5 Å². The first-order chi connectivity index (χ1) is 11.4. The molecule has 8 heteroatoms. The molecule has 0 radical (unpaired) electrons. The van der Waals surface area contributed by atoms with Crippen molar-refractivity contribution in [1.29, 1.82) is 0 Å². The van der Waals surface area contributed by atoms with Crippen molar-refractivity contribution in [3.63, 3.8) is 0 Å². The Morgan fingerprint density at radius 3 is 2.08 bits per heavy atom. The minimum Gasteiger partial charge on any atom is -0.326 e. The fraction of sp³-hybridized carbons (Fsp3) is 0.125. The van der Waals surface area contributed by atoms with Crippen LogP contribution in [0.25, 0.3) is 0 Å². The molecule has 0 aliphatic heterocycles. The fourth-order valence-electron chi connectivity index (χ4n) is 1.83. The van der Waals surface area contributed by atoms with E-state index < -0.39 is 14.8 Å². The average Bonchev–Trinajstić information content (AvgIpc) is 2.54. The lowest BCUT2D eigenvalue weighted by Gasteiger charge is -2.07. The molecule has 0 bridgehead atoms. The Labute approximate surface area is 144 Å². The maximum atomic E-state index is 12.2. The Balaban J connectivity index is 1.95. The number of nitrogens with one attached hydrogen (secondary N) is 2. The maximum Gasteiger partial charge on any atom is 0.235 e. The van der Waals surface area contributed by atoms with Gasteiger partial charge in [-0.15, -0.1) is 0 Å². The van der Waals surface area contributed by atoms with Crippen LogP contribution in [-0.2, 0) is 18.5 Å². The van der Waals surface area contributed by atoms with Crippen LogP contribution in [-0.4, -0.2) is 26.0 Å². The van der Waals surface area contributed by atoms with Crippen LogP contribution in [0.2, 0.25) is 0 Å². The summed E-state index contributed by atoms with van der Waals surface area (Å²) in [4.78, 5) is 22.8. The van der Waals surface area contributed by atoms with Gasteiger partial charge in [0.15, 0.2) is 0 Å². The van der Waals surface area contributed by atoms with Gasteiger partial charge in [0, 0.05) is 18.3 Å². The summed E-state index contributed by atoms with van der Waals surface area (Å²) in [7, 11) is -3.10. The Kier molecular flexibility index (Phi) is 5.99. The van der Waals surface area contributed by atoms with Crippen molar-refractivity contribution in [3.8, 4) is 0 Å². The second kappa shape index (κ2) is 7.98. The molecule has 0 spiro atoms. The van der Waals surface area contributed by atoms with Gasteiger partial charge in [-0.25, -0.2) is 8.42 Å². The normalized spacial score (nSPS) is 10.9. The van der Waals surface area contributed by atoms with Crippen LogP contribution < -0.4 is 10.6 Å². The maximum absolute atomic E-state index is 12.2. The average molecular weight is 364 g/mol. The second-order valence-electron chi connectivity index (χ2n) is 4.84. The third-order valence-electron chi connectivity index (χ3n) is 2.87. The molecule has 2 rings (SSSR count). The summed E-state index contributed by atoms with van der Waals surface area (Å²) in [5.74, 6) is -0.854. The summed E-state index contributed by atoms with van der Waals surface area (Å²) in [6.45, 7) is 1.37. The highest BCUT2D eigenvalue weighted by Crippen LogP contribution is 2.24. The van der Waals surface area contributed by atoms with Crippen LogP contribution >= 0.6 is 10.8 Å². The van der Waals surface area contributed by atoms with E-state index in [1.165, 1.54) is 31.2 Å². The minimum absolute atomic E-state index is 0.0779. The summed E-state index contributed by atoms with van der Waals surface area (Å²) in [6, 6.07) is 14.6. The van der Waals surface area contributed by atoms with Gasteiger partial charge >= 0.3 is 0 Å².